The standard InChI is InChI=1S/C14H9BrN2O/c15-13-4-2-1-3-11(13)12(9-16)14(18)10-5-7-17-8-6-10/h1-8,12H. The molecule has 3 nitrogen and oxygen atoms in total. The van der Waals surface area contributed by atoms with E-state index >= 15 is 0 Å². The van der Waals surface area contributed by atoms with Crippen molar-refractivity contribution in [2.45, 2.75) is 5.92 Å². The molecule has 1 atom stereocenters. The Morgan fingerprint density at radius 3 is 2.50 bits per heavy atom. The summed E-state index contributed by atoms with van der Waals surface area (Å²) in [5.41, 5.74) is 1.18. The molecule has 0 aliphatic heterocycles. The lowest BCUT2D eigenvalue weighted by atomic mass is 9.92. The van der Waals surface area contributed by atoms with Gasteiger partial charge in [0.15, 0.2) is 5.78 Å². The minimum Gasteiger partial charge on any atom is -0.292 e. The number of hydrogen-bond acceptors (Lipinski definition) is 3. The molecule has 1 unspecified atom stereocenters. The highest BCUT2D eigenvalue weighted by Crippen LogP contribution is 2.27. The predicted octanol–water partition coefficient (Wildman–Crippen LogP) is 3.33. The largest absolute Gasteiger partial charge is 0.292 e. The Morgan fingerprint density at radius 2 is 1.89 bits per heavy atom. The maximum absolute atomic E-state index is 12.3. The lowest BCUT2D eigenvalue weighted by Gasteiger charge is -2.10. The molecule has 0 radical (unpaired) electrons. The first-order chi connectivity index (χ1) is 8.74. The van der Waals surface area contributed by atoms with Gasteiger partial charge in [-0.25, -0.2) is 0 Å². The number of ketones is 1. The Hall–Kier alpha value is -1.99. The fourth-order valence-electron chi connectivity index (χ4n) is 1.66. The molecule has 0 bridgehead atoms. The van der Waals surface area contributed by atoms with Gasteiger partial charge in [0, 0.05) is 22.4 Å². The summed E-state index contributed by atoms with van der Waals surface area (Å²) in [5.74, 6) is -1.02. The summed E-state index contributed by atoms with van der Waals surface area (Å²) in [6.45, 7) is 0. The zero-order valence-electron chi connectivity index (χ0n) is 9.38. The van der Waals surface area contributed by atoms with Crippen LogP contribution in [0.25, 0.3) is 0 Å². The summed E-state index contributed by atoms with van der Waals surface area (Å²) < 4.78 is 0.763. The second-order valence-electron chi connectivity index (χ2n) is 3.68. The fraction of sp³-hybridized carbons (Fsp3) is 0.0714. The first-order valence-corrected chi connectivity index (χ1v) is 6.11. The van der Waals surface area contributed by atoms with Gasteiger partial charge < -0.3 is 0 Å². The van der Waals surface area contributed by atoms with Gasteiger partial charge in [0.25, 0.3) is 0 Å². The van der Waals surface area contributed by atoms with E-state index in [2.05, 4.69) is 27.0 Å². The predicted molar refractivity (Wildman–Crippen MR) is 71.1 cm³/mol. The van der Waals surface area contributed by atoms with Crippen molar-refractivity contribution in [2.75, 3.05) is 0 Å². The van der Waals surface area contributed by atoms with Gasteiger partial charge in [-0.3, -0.25) is 9.78 Å². The van der Waals surface area contributed by atoms with E-state index in [4.69, 9.17) is 0 Å². The second kappa shape index (κ2) is 5.56. The first-order valence-electron chi connectivity index (χ1n) is 5.32. The lowest BCUT2D eigenvalue weighted by molar-refractivity contribution is 0.0978. The van der Waals surface area contributed by atoms with Gasteiger partial charge in [-0.15, -0.1) is 0 Å². The molecular weight excluding hydrogens is 292 g/mol. The van der Waals surface area contributed by atoms with Crippen molar-refractivity contribution in [2.24, 2.45) is 0 Å². The van der Waals surface area contributed by atoms with Crippen LogP contribution >= 0.6 is 15.9 Å². The van der Waals surface area contributed by atoms with E-state index in [1.54, 1.807) is 30.6 Å². The van der Waals surface area contributed by atoms with Crippen LogP contribution in [0.4, 0.5) is 0 Å². The maximum Gasteiger partial charge on any atom is 0.184 e. The van der Waals surface area contributed by atoms with E-state index in [9.17, 15) is 10.1 Å². The second-order valence-corrected chi connectivity index (χ2v) is 4.54. The number of rotatable bonds is 3. The Morgan fingerprint density at radius 1 is 1.22 bits per heavy atom. The number of aromatic nitrogens is 1. The molecule has 1 aromatic heterocycles. The van der Waals surface area contributed by atoms with Gasteiger partial charge >= 0.3 is 0 Å². The minimum atomic E-state index is -0.803. The molecule has 0 saturated heterocycles. The molecule has 0 aliphatic rings. The van der Waals surface area contributed by atoms with Crippen molar-refractivity contribution < 1.29 is 4.79 Å². The third kappa shape index (κ3) is 2.47. The number of pyridine rings is 1. The number of carbonyl (C=O) groups excluding carboxylic acids is 1. The van der Waals surface area contributed by atoms with Crippen LogP contribution in [-0.4, -0.2) is 10.8 Å². The summed E-state index contributed by atoms with van der Waals surface area (Å²) in [6, 6.07) is 12.5. The monoisotopic (exact) mass is 300 g/mol. The highest BCUT2D eigenvalue weighted by atomic mass is 79.9. The van der Waals surface area contributed by atoms with Crippen molar-refractivity contribution >= 4 is 21.7 Å². The van der Waals surface area contributed by atoms with Crippen LogP contribution in [0, 0.1) is 11.3 Å². The number of halogens is 1. The quantitative estimate of drug-likeness (QED) is 0.817. The van der Waals surface area contributed by atoms with Crippen LogP contribution in [0.3, 0.4) is 0 Å². The fourth-order valence-corrected chi connectivity index (χ4v) is 2.18. The third-order valence-electron chi connectivity index (χ3n) is 2.57. The Labute approximate surface area is 113 Å². The van der Waals surface area contributed by atoms with Crippen LogP contribution in [0.15, 0.2) is 53.3 Å². The van der Waals surface area contributed by atoms with Crippen LogP contribution < -0.4 is 0 Å². The molecular formula is C14H9BrN2O. The third-order valence-corrected chi connectivity index (χ3v) is 3.29. The Bertz CT molecular complexity index is 605. The molecule has 1 aromatic carbocycles. The van der Waals surface area contributed by atoms with Crippen LogP contribution in [0.1, 0.15) is 21.8 Å². The molecule has 4 heteroatoms. The molecule has 0 aliphatic carbocycles. The van der Waals surface area contributed by atoms with Gasteiger partial charge in [0.2, 0.25) is 0 Å². The van der Waals surface area contributed by atoms with Gasteiger partial charge in [0.05, 0.1) is 6.07 Å². The lowest BCUT2D eigenvalue weighted by Crippen LogP contribution is -2.11. The van der Waals surface area contributed by atoms with Crippen molar-refractivity contribution in [3.63, 3.8) is 0 Å². The molecule has 88 valence electrons. The van der Waals surface area contributed by atoms with Crippen molar-refractivity contribution in [3.8, 4) is 6.07 Å². The Balaban J connectivity index is 2.40. The van der Waals surface area contributed by atoms with E-state index in [1.165, 1.54) is 0 Å². The molecule has 0 fully saturated rings. The molecule has 18 heavy (non-hydrogen) atoms. The highest BCUT2D eigenvalue weighted by Gasteiger charge is 2.23. The minimum absolute atomic E-state index is 0.216. The molecule has 2 rings (SSSR count). The zero-order chi connectivity index (χ0) is 13.0. The van der Waals surface area contributed by atoms with Crippen LogP contribution in [0.5, 0.6) is 0 Å². The Kier molecular flexibility index (Phi) is 3.85. The topological polar surface area (TPSA) is 53.8 Å². The first kappa shape index (κ1) is 12.5. The molecule has 1 heterocycles. The van der Waals surface area contributed by atoms with E-state index in [0.29, 0.717) is 11.1 Å². The van der Waals surface area contributed by atoms with Crippen LogP contribution in [-0.2, 0) is 0 Å². The SMILES string of the molecule is N#CC(C(=O)c1ccncc1)c1ccccc1Br. The maximum atomic E-state index is 12.3. The summed E-state index contributed by atoms with van der Waals surface area (Å²) in [6.07, 6.45) is 3.09. The molecule has 0 amide bonds. The number of nitriles is 1. The number of carbonyl (C=O) groups is 1. The number of hydrogen-bond donors (Lipinski definition) is 0. The average molecular weight is 301 g/mol. The van der Waals surface area contributed by atoms with Gasteiger partial charge in [0.1, 0.15) is 5.92 Å². The van der Waals surface area contributed by atoms with E-state index in [-0.39, 0.29) is 5.78 Å². The molecule has 0 N–H and O–H groups in total. The normalized spacial score (nSPS) is 11.6. The van der Waals surface area contributed by atoms with Crippen molar-refractivity contribution in [1.82, 2.24) is 4.98 Å². The average Bonchev–Trinajstić information content (AvgIpc) is 2.42. The molecule has 0 saturated carbocycles. The van der Waals surface area contributed by atoms with Gasteiger partial charge in [-0.05, 0) is 23.8 Å². The van der Waals surface area contributed by atoms with E-state index in [0.717, 1.165) is 4.47 Å². The zero-order valence-corrected chi connectivity index (χ0v) is 11.0. The summed E-state index contributed by atoms with van der Waals surface area (Å²) in [7, 11) is 0. The van der Waals surface area contributed by atoms with Gasteiger partial charge in [-0.2, -0.15) is 5.26 Å². The number of benzene rings is 1. The van der Waals surface area contributed by atoms with Crippen molar-refractivity contribution in [1.29, 1.82) is 5.26 Å². The smallest absolute Gasteiger partial charge is 0.184 e. The number of nitrogens with zero attached hydrogens (tertiary/aromatic N) is 2. The molecule has 2 aromatic rings. The van der Waals surface area contributed by atoms with Crippen LogP contribution in [0.2, 0.25) is 0 Å². The van der Waals surface area contributed by atoms with Gasteiger partial charge in [-0.1, -0.05) is 34.1 Å². The summed E-state index contributed by atoms with van der Waals surface area (Å²) in [4.78, 5) is 16.1. The summed E-state index contributed by atoms with van der Waals surface area (Å²) in [5, 5.41) is 9.23. The summed E-state index contributed by atoms with van der Waals surface area (Å²) >= 11 is 3.36. The van der Waals surface area contributed by atoms with Crippen molar-refractivity contribution in [3.05, 3.63) is 64.4 Å². The van der Waals surface area contributed by atoms with E-state index in [1.807, 2.05) is 18.2 Å². The molecule has 0 spiro atoms. The van der Waals surface area contributed by atoms with E-state index < -0.39 is 5.92 Å². The highest BCUT2D eigenvalue weighted by molar-refractivity contribution is 9.10. The number of Topliss-reactive ketones (excluding diaryl/α,β-unsaturated/α-hetero) is 1.